The van der Waals surface area contributed by atoms with Crippen LogP contribution >= 0.6 is 0 Å². The Kier molecular flexibility index (Phi) is 110. The summed E-state index contributed by atoms with van der Waals surface area (Å²) < 4.78 is 0. The van der Waals surface area contributed by atoms with Gasteiger partial charge in [0.2, 0.25) is 0 Å². The molecule has 41 heavy (non-hydrogen) atoms. The van der Waals surface area contributed by atoms with E-state index in [0.29, 0.717) is 0 Å². The van der Waals surface area contributed by atoms with Crippen LogP contribution in [0.25, 0.3) is 0 Å². The smallest absolute Gasteiger partial charge is 1.00 e. The van der Waals surface area contributed by atoms with Gasteiger partial charge in [0.05, 0.1) is 0 Å². The molecular formula is C10H21NaO30. The number of carboxylic acid groups (broad SMARTS) is 20. The van der Waals surface area contributed by atoms with Crippen LogP contribution in [-0.2, 0) is 0 Å². The first-order chi connectivity index (χ1) is 17.3. The van der Waals surface area contributed by atoms with Crippen molar-refractivity contribution in [3.8, 4) is 0 Å². The van der Waals surface area contributed by atoms with Crippen LogP contribution in [0.15, 0.2) is 0 Å². The van der Waals surface area contributed by atoms with Crippen molar-refractivity contribution in [2.45, 2.75) is 0 Å². The standard InChI is InChI=1S/10CH2O3.Na.H/c10*2-1(3)4;;/h10*(H2,2,3,4);;/q;;;;;;;;;;+1;-1. The number of hydrogen-bond donors (Lipinski definition) is 20. The Labute approximate surface area is 242 Å². The van der Waals surface area contributed by atoms with Gasteiger partial charge in [-0.15, -0.1) is 0 Å². The predicted molar refractivity (Wildman–Crippen MR) is 108 cm³/mol. The summed E-state index contributed by atoms with van der Waals surface area (Å²) >= 11 is 0. The zero-order valence-corrected chi connectivity index (χ0v) is 21.0. The van der Waals surface area contributed by atoms with Gasteiger partial charge in [0.15, 0.2) is 0 Å². The van der Waals surface area contributed by atoms with Crippen LogP contribution in [0.4, 0.5) is 47.9 Å². The molecule has 242 valence electrons. The van der Waals surface area contributed by atoms with E-state index in [4.69, 9.17) is 150 Å². The van der Waals surface area contributed by atoms with Crippen LogP contribution in [0.5, 0.6) is 0 Å². The second kappa shape index (κ2) is 64.2. The second-order valence-corrected chi connectivity index (χ2v) is 2.83. The van der Waals surface area contributed by atoms with Crippen LogP contribution in [-0.4, -0.2) is 164 Å². The number of rotatable bonds is 0. The Morgan fingerprint density at radius 1 is 0.195 bits per heavy atom. The van der Waals surface area contributed by atoms with Gasteiger partial charge >= 0.3 is 91.1 Å². The maximum absolute atomic E-state index is 8.56. The Morgan fingerprint density at radius 2 is 0.195 bits per heavy atom. The van der Waals surface area contributed by atoms with Gasteiger partial charge in [-0.3, -0.25) is 0 Å². The van der Waals surface area contributed by atoms with Gasteiger partial charge in [-0.05, 0) is 0 Å². The van der Waals surface area contributed by atoms with E-state index in [9.17, 15) is 0 Å². The molecule has 0 aliphatic rings. The fourth-order valence-electron chi connectivity index (χ4n) is 0. The molecule has 0 amide bonds. The predicted octanol–water partition coefficient (Wildman–Crippen LogP) is -0.659. The molecule has 31 heteroatoms. The van der Waals surface area contributed by atoms with Crippen molar-refractivity contribution >= 4 is 61.6 Å². The minimum absolute atomic E-state index is 0. The summed E-state index contributed by atoms with van der Waals surface area (Å²) in [6, 6.07) is 0. The molecule has 0 heterocycles. The van der Waals surface area contributed by atoms with Gasteiger partial charge in [-0.25, -0.2) is 47.9 Å². The van der Waals surface area contributed by atoms with E-state index in [0.717, 1.165) is 0 Å². The molecule has 0 spiro atoms. The zero-order valence-electron chi connectivity index (χ0n) is 20.0. The van der Waals surface area contributed by atoms with E-state index in [2.05, 4.69) is 0 Å². The number of carbonyl (C=O) groups is 10. The van der Waals surface area contributed by atoms with Crippen molar-refractivity contribution in [1.82, 2.24) is 0 Å². The molecule has 0 aliphatic heterocycles. The maximum Gasteiger partial charge on any atom is 1.00 e. The molecule has 0 atom stereocenters. The number of hydrogen-bond acceptors (Lipinski definition) is 10. The molecule has 30 nitrogen and oxygen atoms in total. The Hall–Kier alpha value is -6.30. The summed E-state index contributed by atoms with van der Waals surface area (Å²) in [5, 5.41) is 139. The van der Waals surface area contributed by atoms with Gasteiger partial charge in [0.1, 0.15) is 0 Å². The second-order valence-electron chi connectivity index (χ2n) is 2.83. The van der Waals surface area contributed by atoms with E-state index >= 15 is 0 Å². The zero-order chi connectivity index (χ0) is 35.8. The summed E-state index contributed by atoms with van der Waals surface area (Å²) in [5.41, 5.74) is 0. The average Bonchev–Trinajstić information content (AvgIpc) is 2.47. The molecule has 0 aliphatic carbocycles. The Balaban J connectivity index is -0.0000000237. The summed E-state index contributed by atoms with van der Waals surface area (Å²) in [6.45, 7) is 0. The van der Waals surface area contributed by atoms with E-state index < -0.39 is 61.6 Å². The van der Waals surface area contributed by atoms with Gasteiger partial charge in [-0.2, -0.15) is 0 Å². The third-order valence-electron chi connectivity index (χ3n) is 0. The van der Waals surface area contributed by atoms with Crippen molar-refractivity contribution in [3.05, 3.63) is 0 Å². The molecule has 0 aromatic heterocycles. The summed E-state index contributed by atoms with van der Waals surface area (Å²) in [5.74, 6) is 0. The molecule has 0 fully saturated rings. The SMILES string of the molecule is O=C(O)O.O=C(O)O.O=C(O)O.O=C(O)O.O=C(O)O.O=C(O)O.O=C(O)O.O=C(O)O.O=C(O)O.O=C(O)O.[H-].[Na+]. The third-order valence-corrected chi connectivity index (χ3v) is 0. The van der Waals surface area contributed by atoms with Crippen LogP contribution in [0.1, 0.15) is 1.43 Å². The van der Waals surface area contributed by atoms with Crippen LogP contribution in [0, 0.1) is 0 Å². The molecule has 20 N–H and O–H groups in total. The monoisotopic (exact) mass is 644 g/mol. The first kappa shape index (κ1) is 70.2. The van der Waals surface area contributed by atoms with Gasteiger partial charge in [-0.1, -0.05) is 0 Å². The minimum atomic E-state index is -1.83. The van der Waals surface area contributed by atoms with Crippen molar-refractivity contribution in [1.29, 1.82) is 0 Å². The Morgan fingerprint density at radius 3 is 0.195 bits per heavy atom. The first-order valence-electron chi connectivity index (χ1n) is 6.51. The molecule has 0 aromatic carbocycles. The van der Waals surface area contributed by atoms with Crippen LogP contribution in [0.3, 0.4) is 0 Å². The minimum Gasteiger partial charge on any atom is -1.00 e. The van der Waals surface area contributed by atoms with E-state index in [-0.39, 0.29) is 31.0 Å². The van der Waals surface area contributed by atoms with Crippen molar-refractivity contribution in [2.24, 2.45) is 0 Å². The van der Waals surface area contributed by atoms with Crippen molar-refractivity contribution < 1.29 is 181 Å². The van der Waals surface area contributed by atoms with E-state index in [1.165, 1.54) is 0 Å². The molecule has 0 aromatic rings. The fourth-order valence-corrected chi connectivity index (χ4v) is 0. The first-order valence-corrected chi connectivity index (χ1v) is 6.51. The quantitative estimate of drug-likeness (QED) is 0.145. The van der Waals surface area contributed by atoms with Crippen LogP contribution in [0.2, 0.25) is 0 Å². The topological polar surface area (TPSA) is 575 Å². The molecular weight excluding hydrogens is 623 g/mol. The largest absolute Gasteiger partial charge is 1.00 e. The molecule has 0 radical (unpaired) electrons. The molecule has 0 saturated carbocycles. The normalized spacial score (nSPS) is 5.85. The van der Waals surface area contributed by atoms with Gasteiger partial charge < -0.3 is 104 Å². The Bertz CT molecular complexity index is 476. The molecule has 0 rings (SSSR count). The van der Waals surface area contributed by atoms with E-state index in [1.54, 1.807) is 0 Å². The average molecular weight is 644 g/mol. The van der Waals surface area contributed by atoms with Gasteiger partial charge in [0.25, 0.3) is 0 Å². The van der Waals surface area contributed by atoms with Crippen molar-refractivity contribution in [3.63, 3.8) is 0 Å². The molecule has 0 bridgehead atoms. The van der Waals surface area contributed by atoms with E-state index in [1.807, 2.05) is 0 Å². The summed E-state index contributed by atoms with van der Waals surface area (Å²) in [4.78, 5) is 85.6. The third kappa shape index (κ3) is 853. The summed E-state index contributed by atoms with van der Waals surface area (Å²) in [6.07, 6.45) is -18.3. The summed E-state index contributed by atoms with van der Waals surface area (Å²) in [7, 11) is 0. The molecule has 0 unspecified atom stereocenters. The maximum atomic E-state index is 8.56. The molecule has 0 saturated heterocycles. The van der Waals surface area contributed by atoms with Crippen LogP contribution < -0.4 is 29.6 Å². The van der Waals surface area contributed by atoms with Gasteiger partial charge in [0, 0.05) is 0 Å². The fraction of sp³-hybridized carbons (Fsp3) is 0. The van der Waals surface area contributed by atoms with Crippen molar-refractivity contribution in [2.75, 3.05) is 0 Å².